The first-order chi connectivity index (χ1) is 6.72. The van der Waals surface area contributed by atoms with Crippen molar-refractivity contribution >= 4 is 10.9 Å². The monoisotopic (exact) mass is 192 g/mol. The fourth-order valence-electron chi connectivity index (χ4n) is 1.64. The Balaban J connectivity index is 2.61. The van der Waals surface area contributed by atoms with Gasteiger partial charge in [0.2, 0.25) is 0 Å². The molecule has 0 fully saturated rings. The number of aromatic nitrogens is 1. The van der Waals surface area contributed by atoms with E-state index in [1.54, 1.807) is 6.07 Å². The van der Waals surface area contributed by atoms with E-state index in [0.717, 1.165) is 22.9 Å². The molecule has 0 spiro atoms. The van der Waals surface area contributed by atoms with Crippen molar-refractivity contribution in [1.82, 2.24) is 4.98 Å². The van der Waals surface area contributed by atoms with Crippen LogP contribution in [-0.2, 0) is 0 Å². The summed E-state index contributed by atoms with van der Waals surface area (Å²) in [5, 5.41) is 0.888. The van der Waals surface area contributed by atoms with Gasteiger partial charge in [0.05, 0.1) is 0 Å². The SMILES string of the molecule is CCC(N)c1c[nH]c2ccc(F)cc12. The van der Waals surface area contributed by atoms with Gasteiger partial charge in [0.1, 0.15) is 5.82 Å². The van der Waals surface area contributed by atoms with Crippen LogP contribution in [-0.4, -0.2) is 4.98 Å². The van der Waals surface area contributed by atoms with Gasteiger partial charge >= 0.3 is 0 Å². The molecule has 0 saturated carbocycles. The molecule has 0 aliphatic heterocycles. The van der Waals surface area contributed by atoms with Crippen LogP contribution in [0.5, 0.6) is 0 Å². The molecule has 1 aromatic carbocycles. The second-order valence-corrected chi connectivity index (χ2v) is 3.45. The highest BCUT2D eigenvalue weighted by atomic mass is 19.1. The van der Waals surface area contributed by atoms with Crippen LogP contribution < -0.4 is 5.73 Å². The third-order valence-electron chi connectivity index (χ3n) is 2.52. The van der Waals surface area contributed by atoms with Crippen LogP contribution in [0.3, 0.4) is 0 Å². The summed E-state index contributed by atoms with van der Waals surface area (Å²) in [5.41, 5.74) is 7.84. The lowest BCUT2D eigenvalue weighted by atomic mass is 10.0. The Morgan fingerprint density at radius 3 is 3.00 bits per heavy atom. The standard InChI is InChI=1S/C11H13FN2/c1-2-10(13)9-6-14-11-4-3-7(12)5-8(9)11/h3-6,10,14H,2,13H2,1H3. The minimum atomic E-state index is -0.221. The zero-order chi connectivity index (χ0) is 10.1. The van der Waals surface area contributed by atoms with E-state index in [2.05, 4.69) is 4.98 Å². The fourth-order valence-corrected chi connectivity index (χ4v) is 1.64. The Bertz CT molecular complexity index is 447. The van der Waals surface area contributed by atoms with Crippen molar-refractivity contribution in [2.75, 3.05) is 0 Å². The Kier molecular flexibility index (Phi) is 2.25. The van der Waals surface area contributed by atoms with E-state index in [1.807, 2.05) is 13.1 Å². The number of nitrogens with two attached hydrogens (primary N) is 1. The summed E-state index contributed by atoms with van der Waals surface area (Å²) in [6.07, 6.45) is 2.71. The topological polar surface area (TPSA) is 41.8 Å². The minimum Gasteiger partial charge on any atom is -0.361 e. The molecule has 2 rings (SSSR count). The molecule has 2 aromatic rings. The van der Waals surface area contributed by atoms with Gasteiger partial charge in [-0.2, -0.15) is 0 Å². The van der Waals surface area contributed by atoms with Crippen molar-refractivity contribution < 1.29 is 4.39 Å². The summed E-state index contributed by atoms with van der Waals surface area (Å²) in [5.74, 6) is -0.221. The number of halogens is 1. The minimum absolute atomic E-state index is 0.0226. The number of nitrogens with one attached hydrogen (secondary N) is 1. The van der Waals surface area contributed by atoms with E-state index < -0.39 is 0 Å². The van der Waals surface area contributed by atoms with Gasteiger partial charge in [-0.3, -0.25) is 0 Å². The molecule has 74 valence electrons. The lowest BCUT2D eigenvalue weighted by Gasteiger charge is -2.06. The molecule has 14 heavy (non-hydrogen) atoms. The highest BCUT2D eigenvalue weighted by Gasteiger charge is 2.09. The lowest BCUT2D eigenvalue weighted by Crippen LogP contribution is -2.07. The third kappa shape index (κ3) is 1.40. The highest BCUT2D eigenvalue weighted by molar-refractivity contribution is 5.83. The second-order valence-electron chi connectivity index (χ2n) is 3.45. The van der Waals surface area contributed by atoms with Crippen molar-refractivity contribution in [3.63, 3.8) is 0 Å². The van der Waals surface area contributed by atoms with Crippen LogP contribution in [0.2, 0.25) is 0 Å². The second kappa shape index (κ2) is 3.42. The molecule has 0 aliphatic rings. The van der Waals surface area contributed by atoms with E-state index in [9.17, 15) is 4.39 Å². The number of hydrogen-bond acceptors (Lipinski definition) is 1. The maximum atomic E-state index is 13.0. The molecule has 0 aliphatic carbocycles. The molecule has 0 amide bonds. The smallest absolute Gasteiger partial charge is 0.123 e. The van der Waals surface area contributed by atoms with Crippen molar-refractivity contribution in [3.05, 3.63) is 35.8 Å². The van der Waals surface area contributed by atoms with Gasteiger partial charge in [-0.25, -0.2) is 4.39 Å². The normalized spacial score (nSPS) is 13.4. The molecule has 3 heteroatoms. The van der Waals surface area contributed by atoms with Gasteiger partial charge in [-0.05, 0) is 30.2 Å². The van der Waals surface area contributed by atoms with Crippen LogP contribution in [0.25, 0.3) is 10.9 Å². The van der Waals surface area contributed by atoms with E-state index in [0.29, 0.717) is 0 Å². The van der Waals surface area contributed by atoms with E-state index in [4.69, 9.17) is 5.73 Å². The van der Waals surface area contributed by atoms with Crippen molar-refractivity contribution in [3.8, 4) is 0 Å². The summed E-state index contributed by atoms with van der Waals surface area (Å²) >= 11 is 0. The molecular formula is C11H13FN2. The van der Waals surface area contributed by atoms with Crippen LogP contribution in [0.4, 0.5) is 4.39 Å². The number of aromatic amines is 1. The molecule has 1 unspecified atom stereocenters. The van der Waals surface area contributed by atoms with Gasteiger partial charge in [0.15, 0.2) is 0 Å². The van der Waals surface area contributed by atoms with Gasteiger partial charge in [0, 0.05) is 23.1 Å². The predicted molar refractivity (Wildman–Crippen MR) is 55.5 cm³/mol. The van der Waals surface area contributed by atoms with Crippen molar-refractivity contribution in [2.24, 2.45) is 5.73 Å². The molecule has 1 aromatic heterocycles. The Morgan fingerprint density at radius 2 is 2.29 bits per heavy atom. The average Bonchev–Trinajstić information content (AvgIpc) is 2.59. The first-order valence-corrected chi connectivity index (χ1v) is 4.74. The number of H-pyrrole nitrogens is 1. The predicted octanol–water partition coefficient (Wildman–Crippen LogP) is 2.72. The molecule has 3 N–H and O–H groups in total. The summed E-state index contributed by atoms with van der Waals surface area (Å²) in [4.78, 5) is 3.08. The quantitative estimate of drug-likeness (QED) is 0.754. The van der Waals surface area contributed by atoms with E-state index in [1.165, 1.54) is 12.1 Å². The average molecular weight is 192 g/mol. The van der Waals surface area contributed by atoms with Gasteiger partial charge in [-0.15, -0.1) is 0 Å². The summed E-state index contributed by atoms with van der Waals surface area (Å²) in [6.45, 7) is 2.02. The zero-order valence-corrected chi connectivity index (χ0v) is 8.05. The maximum absolute atomic E-state index is 13.0. The molecule has 1 heterocycles. The molecule has 1 atom stereocenters. The third-order valence-corrected chi connectivity index (χ3v) is 2.52. The van der Waals surface area contributed by atoms with Crippen molar-refractivity contribution in [1.29, 1.82) is 0 Å². The van der Waals surface area contributed by atoms with Gasteiger partial charge in [0.25, 0.3) is 0 Å². The van der Waals surface area contributed by atoms with Crippen LogP contribution >= 0.6 is 0 Å². The first kappa shape index (κ1) is 9.21. The van der Waals surface area contributed by atoms with Gasteiger partial charge < -0.3 is 10.7 Å². The fraction of sp³-hybridized carbons (Fsp3) is 0.273. The Hall–Kier alpha value is -1.35. The Morgan fingerprint density at radius 1 is 1.50 bits per heavy atom. The molecule has 0 saturated heterocycles. The molecule has 2 nitrogen and oxygen atoms in total. The van der Waals surface area contributed by atoms with E-state index >= 15 is 0 Å². The van der Waals surface area contributed by atoms with Crippen LogP contribution in [0.15, 0.2) is 24.4 Å². The number of rotatable bonds is 2. The summed E-state index contributed by atoms with van der Waals surface area (Å²) in [7, 11) is 0. The maximum Gasteiger partial charge on any atom is 0.123 e. The summed E-state index contributed by atoms with van der Waals surface area (Å²) < 4.78 is 13.0. The van der Waals surface area contributed by atoms with Crippen molar-refractivity contribution in [2.45, 2.75) is 19.4 Å². The number of hydrogen-bond donors (Lipinski definition) is 2. The molecule has 0 bridgehead atoms. The van der Waals surface area contributed by atoms with E-state index in [-0.39, 0.29) is 11.9 Å². The largest absolute Gasteiger partial charge is 0.361 e. The highest BCUT2D eigenvalue weighted by Crippen LogP contribution is 2.24. The van der Waals surface area contributed by atoms with Crippen LogP contribution in [0.1, 0.15) is 24.9 Å². The first-order valence-electron chi connectivity index (χ1n) is 4.74. The van der Waals surface area contributed by atoms with Crippen LogP contribution in [0, 0.1) is 5.82 Å². The molecular weight excluding hydrogens is 179 g/mol. The molecule has 0 radical (unpaired) electrons. The lowest BCUT2D eigenvalue weighted by molar-refractivity contribution is 0.629. The number of fused-ring (bicyclic) bond motifs is 1. The summed E-state index contributed by atoms with van der Waals surface area (Å²) in [6, 6.07) is 4.68. The Labute approximate surface area is 81.9 Å². The number of benzene rings is 1. The zero-order valence-electron chi connectivity index (χ0n) is 8.05. The van der Waals surface area contributed by atoms with Gasteiger partial charge in [-0.1, -0.05) is 6.92 Å².